The molecule has 0 bridgehead atoms. The molecule has 3 heterocycles. The van der Waals surface area contributed by atoms with E-state index in [4.69, 9.17) is 9.47 Å². The second-order valence-corrected chi connectivity index (χ2v) is 9.70. The first-order chi connectivity index (χ1) is 19.4. The number of carbonyl (C=O) groups is 1. The molecule has 1 saturated heterocycles. The molecule has 0 radical (unpaired) electrons. The predicted molar refractivity (Wildman–Crippen MR) is 149 cm³/mol. The van der Waals surface area contributed by atoms with Crippen LogP contribution in [0.5, 0.6) is 11.5 Å². The predicted octanol–water partition coefficient (Wildman–Crippen LogP) is 3.74. The molecule has 1 aliphatic heterocycles. The maximum atomic E-state index is 13.7. The third-order valence-electron chi connectivity index (χ3n) is 7.18. The number of morpholine rings is 1. The number of hydrogen-bond donors (Lipinski definition) is 2. The van der Waals surface area contributed by atoms with Gasteiger partial charge in [0.15, 0.2) is 0 Å². The summed E-state index contributed by atoms with van der Waals surface area (Å²) in [4.78, 5) is 33.9. The second-order valence-electron chi connectivity index (χ2n) is 9.70. The summed E-state index contributed by atoms with van der Waals surface area (Å²) in [6.45, 7) is 5.26. The highest BCUT2D eigenvalue weighted by Crippen LogP contribution is 2.31. The van der Waals surface area contributed by atoms with Crippen LogP contribution in [0.3, 0.4) is 0 Å². The molecule has 1 fully saturated rings. The number of nitrogens with one attached hydrogen (secondary N) is 1. The number of carbonyl (C=O) groups excluding carboxylic acids is 1. The molecule has 0 spiro atoms. The van der Waals surface area contributed by atoms with E-state index in [1.165, 1.54) is 16.7 Å². The van der Waals surface area contributed by atoms with E-state index < -0.39 is 29.1 Å². The first-order valence-corrected chi connectivity index (χ1v) is 13.1. The van der Waals surface area contributed by atoms with Gasteiger partial charge in [-0.2, -0.15) is 0 Å². The van der Waals surface area contributed by atoms with Gasteiger partial charge in [-0.1, -0.05) is 24.3 Å². The molecule has 1 amide bonds. The maximum Gasteiger partial charge on any atom is 0.268 e. The Hall–Kier alpha value is -4.28. The van der Waals surface area contributed by atoms with Crippen molar-refractivity contribution in [3.8, 4) is 22.6 Å². The fourth-order valence-electron chi connectivity index (χ4n) is 4.84. The van der Waals surface area contributed by atoms with E-state index in [0.29, 0.717) is 36.6 Å². The Kier molecular flexibility index (Phi) is 8.09. The quantitative estimate of drug-likeness (QED) is 0.347. The monoisotopic (exact) mass is 546 g/mol. The number of nitrogens with zero attached hydrogens (tertiary/aromatic N) is 3. The summed E-state index contributed by atoms with van der Waals surface area (Å²) < 4.78 is 25.5. The smallest absolute Gasteiger partial charge is 0.268 e. The Morgan fingerprint density at radius 2 is 1.80 bits per heavy atom. The molecule has 9 nitrogen and oxygen atoms in total. The van der Waals surface area contributed by atoms with Crippen molar-refractivity contribution >= 4 is 16.9 Å². The standard InChI is InChI=1S/C30H31FN4O5/c1-19(20-3-7-23(31)8-4-20)33-29(37)26-27(36)25-17-22(21-5-9-24(39-2)10-6-21)18-32-28(25)35(30(26)38)12-11-34-13-15-40-16-14-34/h3-10,17-19,36H,11-16H2,1-2H3,(H,33,37)/t19-/m1/s1. The Morgan fingerprint density at radius 3 is 2.48 bits per heavy atom. The topological polar surface area (TPSA) is 106 Å². The van der Waals surface area contributed by atoms with E-state index in [1.807, 2.05) is 24.3 Å². The van der Waals surface area contributed by atoms with Crippen molar-refractivity contribution in [3.63, 3.8) is 0 Å². The second kappa shape index (κ2) is 11.8. The highest BCUT2D eigenvalue weighted by Gasteiger charge is 2.25. The summed E-state index contributed by atoms with van der Waals surface area (Å²) in [5.41, 5.74) is 1.48. The van der Waals surface area contributed by atoms with Crippen molar-refractivity contribution < 1.29 is 23.8 Å². The van der Waals surface area contributed by atoms with E-state index in [0.717, 1.165) is 18.7 Å². The van der Waals surface area contributed by atoms with Crippen LogP contribution in [0.25, 0.3) is 22.2 Å². The van der Waals surface area contributed by atoms with Crippen LogP contribution in [-0.2, 0) is 11.3 Å². The molecule has 40 heavy (non-hydrogen) atoms. The molecule has 2 aromatic heterocycles. The van der Waals surface area contributed by atoms with Gasteiger partial charge in [-0.3, -0.25) is 19.1 Å². The van der Waals surface area contributed by atoms with Crippen LogP contribution in [0.4, 0.5) is 4.39 Å². The van der Waals surface area contributed by atoms with Crippen molar-refractivity contribution in [2.24, 2.45) is 0 Å². The van der Waals surface area contributed by atoms with Crippen molar-refractivity contribution in [2.75, 3.05) is 40.0 Å². The summed E-state index contributed by atoms with van der Waals surface area (Å²) in [5, 5.41) is 14.4. The Morgan fingerprint density at radius 1 is 1.10 bits per heavy atom. The van der Waals surface area contributed by atoms with Crippen LogP contribution < -0.4 is 15.6 Å². The lowest BCUT2D eigenvalue weighted by molar-refractivity contribution is 0.0364. The number of rotatable bonds is 8. The van der Waals surface area contributed by atoms with Crippen molar-refractivity contribution in [2.45, 2.75) is 19.5 Å². The van der Waals surface area contributed by atoms with Gasteiger partial charge >= 0.3 is 0 Å². The molecule has 208 valence electrons. The minimum Gasteiger partial charge on any atom is -0.506 e. The van der Waals surface area contributed by atoms with Gasteiger partial charge in [0, 0.05) is 37.9 Å². The number of pyridine rings is 2. The lowest BCUT2D eigenvalue weighted by Gasteiger charge is -2.27. The molecule has 0 unspecified atom stereocenters. The molecule has 1 atom stereocenters. The molecular formula is C30H31FN4O5. The Bertz CT molecular complexity index is 1560. The average Bonchev–Trinajstić information content (AvgIpc) is 2.98. The maximum absolute atomic E-state index is 13.7. The van der Waals surface area contributed by atoms with Crippen molar-refractivity contribution in [1.29, 1.82) is 0 Å². The van der Waals surface area contributed by atoms with Gasteiger partial charge in [-0.05, 0) is 48.4 Å². The molecule has 1 aliphatic rings. The third-order valence-corrected chi connectivity index (χ3v) is 7.18. The van der Waals surface area contributed by atoms with E-state index in [-0.39, 0.29) is 23.1 Å². The molecule has 0 aliphatic carbocycles. The number of aromatic hydroxyl groups is 1. The van der Waals surface area contributed by atoms with Gasteiger partial charge in [0.25, 0.3) is 11.5 Å². The number of hydrogen-bond acceptors (Lipinski definition) is 7. The number of benzene rings is 2. The van der Waals surface area contributed by atoms with E-state index in [9.17, 15) is 19.1 Å². The van der Waals surface area contributed by atoms with E-state index in [2.05, 4.69) is 15.2 Å². The zero-order valence-corrected chi connectivity index (χ0v) is 22.4. The summed E-state index contributed by atoms with van der Waals surface area (Å²) in [6, 6.07) is 14.3. The largest absolute Gasteiger partial charge is 0.506 e. The van der Waals surface area contributed by atoms with Crippen LogP contribution >= 0.6 is 0 Å². The lowest BCUT2D eigenvalue weighted by atomic mass is 10.0. The number of aromatic nitrogens is 2. The van der Waals surface area contributed by atoms with Crippen LogP contribution in [0.1, 0.15) is 28.9 Å². The van der Waals surface area contributed by atoms with Crippen LogP contribution in [0.15, 0.2) is 65.6 Å². The summed E-state index contributed by atoms with van der Waals surface area (Å²) >= 11 is 0. The SMILES string of the molecule is COc1ccc(-c2cnc3c(c2)c(O)c(C(=O)N[C@H](C)c2ccc(F)cc2)c(=O)n3CCN2CCOCC2)cc1. The van der Waals surface area contributed by atoms with Crippen LogP contribution in [0, 0.1) is 5.82 Å². The fraction of sp³-hybridized carbons (Fsp3) is 0.300. The molecule has 2 aromatic carbocycles. The number of halogens is 1. The average molecular weight is 547 g/mol. The zero-order valence-electron chi connectivity index (χ0n) is 22.4. The Labute approximate surface area is 230 Å². The minimum absolute atomic E-state index is 0.276. The normalized spacial score (nSPS) is 14.7. The molecule has 0 saturated carbocycles. The first-order valence-electron chi connectivity index (χ1n) is 13.1. The highest BCUT2D eigenvalue weighted by atomic mass is 19.1. The molecule has 2 N–H and O–H groups in total. The first kappa shape index (κ1) is 27.3. The van der Waals surface area contributed by atoms with Crippen molar-refractivity contribution in [1.82, 2.24) is 19.8 Å². The molecule has 10 heteroatoms. The number of amides is 1. The number of methoxy groups -OCH3 is 1. The molecule has 4 aromatic rings. The zero-order chi connectivity index (χ0) is 28.2. The molecule has 5 rings (SSSR count). The third kappa shape index (κ3) is 5.68. The van der Waals surface area contributed by atoms with Gasteiger partial charge in [0.05, 0.1) is 31.8 Å². The van der Waals surface area contributed by atoms with Gasteiger partial charge in [-0.15, -0.1) is 0 Å². The van der Waals surface area contributed by atoms with Gasteiger partial charge < -0.3 is 19.9 Å². The highest BCUT2D eigenvalue weighted by molar-refractivity contribution is 6.02. The van der Waals surface area contributed by atoms with Crippen LogP contribution in [0.2, 0.25) is 0 Å². The van der Waals surface area contributed by atoms with Gasteiger partial charge in [0.1, 0.15) is 28.5 Å². The lowest BCUT2D eigenvalue weighted by Crippen LogP contribution is -2.40. The summed E-state index contributed by atoms with van der Waals surface area (Å²) in [7, 11) is 1.59. The number of fused-ring (bicyclic) bond motifs is 1. The van der Waals surface area contributed by atoms with Crippen LogP contribution in [-0.4, -0.2) is 65.4 Å². The number of ether oxygens (including phenoxy) is 2. The van der Waals surface area contributed by atoms with E-state index >= 15 is 0 Å². The van der Waals surface area contributed by atoms with Crippen molar-refractivity contribution in [3.05, 3.63) is 88.1 Å². The van der Waals surface area contributed by atoms with E-state index in [1.54, 1.807) is 38.4 Å². The minimum atomic E-state index is -0.726. The Balaban J connectivity index is 1.56. The molecular weight excluding hydrogens is 515 g/mol. The fourth-order valence-corrected chi connectivity index (χ4v) is 4.84. The van der Waals surface area contributed by atoms with Gasteiger partial charge in [-0.25, -0.2) is 9.37 Å². The summed E-state index contributed by atoms with van der Waals surface area (Å²) in [5.74, 6) is -0.852. The summed E-state index contributed by atoms with van der Waals surface area (Å²) in [6.07, 6.45) is 1.64. The van der Waals surface area contributed by atoms with Gasteiger partial charge in [0.2, 0.25) is 0 Å².